The Bertz CT molecular complexity index is 910. The van der Waals surface area contributed by atoms with Crippen molar-refractivity contribution in [1.29, 1.82) is 0 Å². The number of imide groups is 1. The van der Waals surface area contributed by atoms with Gasteiger partial charge >= 0.3 is 0 Å². The molecule has 0 saturated carbocycles. The van der Waals surface area contributed by atoms with E-state index in [9.17, 15) is 9.59 Å². The third kappa shape index (κ3) is 3.65. The fraction of sp³-hybridized carbons (Fsp3) is 0.304. The van der Waals surface area contributed by atoms with E-state index in [4.69, 9.17) is 4.74 Å². The summed E-state index contributed by atoms with van der Waals surface area (Å²) in [4.78, 5) is 27.3. The maximum Gasteiger partial charge on any atom is 0.278 e. The van der Waals surface area contributed by atoms with Gasteiger partial charge in [0, 0.05) is 11.7 Å². The van der Waals surface area contributed by atoms with Gasteiger partial charge in [0.05, 0.1) is 12.7 Å². The van der Waals surface area contributed by atoms with Crippen LogP contribution in [0, 0.1) is 0 Å². The smallest absolute Gasteiger partial charge is 0.278 e. The van der Waals surface area contributed by atoms with Crippen molar-refractivity contribution in [3.63, 3.8) is 0 Å². The van der Waals surface area contributed by atoms with Crippen LogP contribution in [0.2, 0.25) is 0 Å². The molecule has 0 atom stereocenters. The molecular weight excluding hydrogens is 352 g/mol. The second kappa shape index (κ2) is 7.89. The largest absolute Gasteiger partial charge is 0.497 e. The Labute approximate surface area is 166 Å². The predicted molar refractivity (Wildman–Crippen MR) is 111 cm³/mol. The van der Waals surface area contributed by atoms with Crippen LogP contribution in [0.5, 0.6) is 5.75 Å². The summed E-state index contributed by atoms with van der Waals surface area (Å²) >= 11 is 0. The number of rotatable bonds is 6. The van der Waals surface area contributed by atoms with Crippen molar-refractivity contribution >= 4 is 23.1 Å². The van der Waals surface area contributed by atoms with Crippen molar-refractivity contribution in [1.82, 2.24) is 4.90 Å². The van der Waals surface area contributed by atoms with E-state index in [1.807, 2.05) is 38.1 Å². The molecule has 0 spiro atoms. The Kier molecular flexibility index (Phi) is 5.54. The Morgan fingerprint density at radius 2 is 1.46 bits per heavy atom. The van der Waals surface area contributed by atoms with Gasteiger partial charge < -0.3 is 10.1 Å². The molecule has 2 aromatic carbocycles. The van der Waals surface area contributed by atoms with E-state index < -0.39 is 0 Å². The highest BCUT2D eigenvalue weighted by Gasteiger charge is 2.40. The van der Waals surface area contributed by atoms with Gasteiger partial charge in [-0.15, -0.1) is 0 Å². The highest BCUT2D eigenvalue weighted by atomic mass is 16.5. The Hall–Kier alpha value is -3.08. The Balaban J connectivity index is 2.03. The lowest BCUT2D eigenvalue weighted by molar-refractivity contribution is -0.138. The minimum Gasteiger partial charge on any atom is -0.497 e. The van der Waals surface area contributed by atoms with Crippen molar-refractivity contribution in [2.75, 3.05) is 12.4 Å². The lowest BCUT2D eigenvalue weighted by atomic mass is 10.0. The molecule has 5 heteroatoms. The molecule has 28 heavy (non-hydrogen) atoms. The molecule has 0 unspecified atom stereocenters. The number of hydrogen-bond acceptors (Lipinski definition) is 4. The lowest BCUT2D eigenvalue weighted by Crippen LogP contribution is -2.38. The molecule has 0 fully saturated rings. The van der Waals surface area contributed by atoms with E-state index in [1.54, 1.807) is 31.4 Å². The first-order chi connectivity index (χ1) is 13.3. The Morgan fingerprint density at radius 1 is 0.857 bits per heavy atom. The lowest BCUT2D eigenvalue weighted by Gasteiger charge is -2.19. The molecule has 5 nitrogen and oxygen atoms in total. The average molecular weight is 378 g/mol. The topological polar surface area (TPSA) is 58.6 Å². The maximum atomic E-state index is 13.0. The van der Waals surface area contributed by atoms with Gasteiger partial charge in [0.15, 0.2) is 0 Å². The zero-order valence-electron chi connectivity index (χ0n) is 16.9. The molecule has 1 aliphatic rings. The molecule has 0 radical (unpaired) electrons. The predicted octanol–water partition coefficient (Wildman–Crippen LogP) is 4.42. The molecule has 146 valence electrons. The zero-order chi connectivity index (χ0) is 20.4. The molecule has 0 aromatic heterocycles. The SMILES string of the molecule is COc1ccc(C2=C(Nc3ccc(C(C)C)cc3)C(=O)N(C(C)C)C2=O)cc1. The van der Waals surface area contributed by atoms with Gasteiger partial charge in [-0.05, 0) is 55.2 Å². The summed E-state index contributed by atoms with van der Waals surface area (Å²) in [5, 5.41) is 3.19. The minimum absolute atomic E-state index is 0.226. The number of amides is 2. The maximum absolute atomic E-state index is 13.0. The van der Waals surface area contributed by atoms with E-state index >= 15 is 0 Å². The van der Waals surface area contributed by atoms with Gasteiger partial charge in [-0.3, -0.25) is 14.5 Å². The van der Waals surface area contributed by atoms with Crippen LogP contribution in [0.4, 0.5) is 5.69 Å². The van der Waals surface area contributed by atoms with Crippen LogP contribution in [0.15, 0.2) is 54.2 Å². The molecule has 3 rings (SSSR count). The summed E-state index contributed by atoms with van der Waals surface area (Å²) < 4.78 is 5.20. The summed E-state index contributed by atoms with van der Waals surface area (Å²) in [7, 11) is 1.59. The number of carbonyl (C=O) groups excluding carboxylic acids is 2. The van der Waals surface area contributed by atoms with Crippen molar-refractivity contribution in [2.24, 2.45) is 0 Å². The van der Waals surface area contributed by atoms with E-state index in [0.717, 1.165) is 5.69 Å². The normalized spacial score (nSPS) is 14.5. The third-order valence-electron chi connectivity index (χ3n) is 4.86. The van der Waals surface area contributed by atoms with Gasteiger partial charge in [0.1, 0.15) is 11.4 Å². The van der Waals surface area contributed by atoms with Crippen molar-refractivity contribution in [2.45, 2.75) is 39.7 Å². The van der Waals surface area contributed by atoms with Crippen LogP contribution in [-0.4, -0.2) is 29.9 Å². The van der Waals surface area contributed by atoms with Crippen LogP contribution in [0.1, 0.15) is 44.7 Å². The highest BCUT2D eigenvalue weighted by Crippen LogP contribution is 2.32. The van der Waals surface area contributed by atoms with Gasteiger partial charge in [-0.25, -0.2) is 0 Å². The Morgan fingerprint density at radius 3 is 1.96 bits per heavy atom. The second-order valence-electron chi connectivity index (χ2n) is 7.45. The fourth-order valence-electron chi connectivity index (χ4n) is 3.25. The number of nitrogens with one attached hydrogen (secondary N) is 1. The second-order valence-corrected chi connectivity index (χ2v) is 7.45. The van der Waals surface area contributed by atoms with Gasteiger partial charge in [-0.2, -0.15) is 0 Å². The quantitative estimate of drug-likeness (QED) is 0.756. The van der Waals surface area contributed by atoms with E-state index in [-0.39, 0.29) is 17.9 Å². The molecule has 0 aliphatic carbocycles. The van der Waals surface area contributed by atoms with Crippen molar-refractivity contribution in [3.8, 4) is 5.75 Å². The average Bonchev–Trinajstić information content (AvgIpc) is 2.92. The summed E-state index contributed by atoms with van der Waals surface area (Å²) in [6.45, 7) is 7.93. The molecular formula is C23H26N2O3. The molecule has 2 amide bonds. The number of carbonyl (C=O) groups is 2. The van der Waals surface area contributed by atoms with E-state index in [2.05, 4.69) is 19.2 Å². The number of benzene rings is 2. The van der Waals surface area contributed by atoms with Gasteiger partial charge in [0.2, 0.25) is 0 Å². The summed E-state index contributed by atoms with van der Waals surface area (Å²) in [6.07, 6.45) is 0. The standard InChI is InChI=1S/C23H26N2O3/c1-14(2)16-6-10-18(11-7-16)24-21-20(17-8-12-19(28-5)13-9-17)22(26)25(15(3)4)23(21)27/h6-15,24H,1-5H3. The molecule has 1 aliphatic heterocycles. The number of ether oxygens (including phenoxy) is 1. The summed E-state index contributed by atoms with van der Waals surface area (Å²) in [6, 6.07) is 14.9. The molecule has 0 bridgehead atoms. The van der Waals surface area contributed by atoms with Crippen molar-refractivity contribution in [3.05, 3.63) is 65.4 Å². The minimum atomic E-state index is -0.307. The van der Waals surface area contributed by atoms with E-state index in [0.29, 0.717) is 28.5 Å². The first-order valence-electron chi connectivity index (χ1n) is 9.47. The first kappa shape index (κ1) is 19.7. The van der Waals surface area contributed by atoms with Gasteiger partial charge in [0.25, 0.3) is 11.8 Å². The van der Waals surface area contributed by atoms with Crippen LogP contribution < -0.4 is 10.1 Å². The van der Waals surface area contributed by atoms with Crippen LogP contribution >= 0.6 is 0 Å². The number of anilines is 1. The zero-order valence-corrected chi connectivity index (χ0v) is 16.9. The monoisotopic (exact) mass is 378 g/mol. The van der Waals surface area contributed by atoms with Crippen LogP contribution in [-0.2, 0) is 9.59 Å². The third-order valence-corrected chi connectivity index (χ3v) is 4.86. The number of hydrogen-bond donors (Lipinski definition) is 1. The van der Waals surface area contributed by atoms with Crippen LogP contribution in [0.25, 0.3) is 5.57 Å². The molecule has 1 N–H and O–H groups in total. The van der Waals surface area contributed by atoms with Crippen LogP contribution in [0.3, 0.4) is 0 Å². The van der Waals surface area contributed by atoms with E-state index in [1.165, 1.54) is 10.5 Å². The highest BCUT2D eigenvalue weighted by molar-refractivity contribution is 6.36. The molecule has 2 aromatic rings. The first-order valence-corrected chi connectivity index (χ1v) is 9.47. The number of nitrogens with zero attached hydrogens (tertiary/aromatic N) is 1. The summed E-state index contributed by atoms with van der Waals surface area (Å²) in [5.41, 5.74) is 3.36. The molecule has 1 heterocycles. The molecule has 0 saturated heterocycles. The fourth-order valence-corrected chi connectivity index (χ4v) is 3.25. The van der Waals surface area contributed by atoms with Crippen molar-refractivity contribution < 1.29 is 14.3 Å². The number of methoxy groups -OCH3 is 1. The van der Waals surface area contributed by atoms with Gasteiger partial charge in [-0.1, -0.05) is 38.1 Å². The summed E-state index contributed by atoms with van der Waals surface area (Å²) in [5.74, 6) is 0.528.